The third-order valence-corrected chi connectivity index (χ3v) is 1.61. The number of rotatable bonds is 1. The van der Waals surface area contributed by atoms with Crippen LogP contribution in [0.1, 0.15) is 18.5 Å². The molecule has 1 heterocycles. The Morgan fingerprint density at radius 1 is 1.73 bits per heavy atom. The molecule has 4 heteroatoms. The molecule has 0 saturated heterocycles. The largest absolute Gasteiger partial charge is 0.327 e. The molecule has 0 aliphatic carbocycles. The highest BCUT2D eigenvalue weighted by molar-refractivity contribution is 6.30. The van der Waals surface area contributed by atoms with E-state index in [1.807, 2.05) is 0 Å². The standard InChI is InChI=1S/C7H9ClN2O/c1-4(9)6-2-5(8)3-10-7(6)11/h2-4H,9H2,1H3,(H,10,11)/t4-/m0/s1. The Labute approximate surface area is 69.2 Å². The van der Waals surface area contributed by atoms with Gasteiger partial charge in [0.2, 0.25) is 0 Å². The molecule has 0 radical (unpaired) electrons. The zero-order valence-electron chi connectivity index (χ0n) is 6.10. The van der Waals surface area contributed by atoms with Crippen LogP contribution in [0.5, 0.6) is 0 Å². The molecule has 0 unspecified atom stereocenters. The average molecular weight is 173 g/mol. The van der Waals surface area contributed by atoms with E-state index in [1.54, 1.807) is 13.0 Å². The Morgan fingerprint density at radius 3 is 2.82 bits per heavy atom. The van der Waals surface area contributed by atoms with Gasteiger partial charge in [0.25, 0.3) is 5.56 Å². The van der Waals surface area contributed by atoms with Crippen LogP contribution in [-0.2, 0) is 0 Å². The summed E-state index contributed by atoms with van der Waals surface area (Å²) in [5, 5.41) is 0.497. The van der Waals surface area contributed by atoms with Gasteiger partial charge in [-0.1, -0.05) is 11.6 Å². The summed E-state index contributed by atoms with van der Waals surface area (Å²) in [4.78, 5) is 13.5. The van der Waals surface area contributed by atoms with Gasteiger partial charge in [-0.05, 0) is 13.0 Å². The van der Waals surface area contributed by atoms with Crippen LogP contribution in [0.4, 0.5) is 0 Å². The average Bonchev–Trinajstić information content (AvgIpc) is 1.94. The normalized spacial score (nSPS) is 13.0. The van der Waals surface area contributed by atoms with Gasteiger partial charge in [-0.25, -0.2) is 0 Å². The second-order valence-corrected chi connectivity index (χ2v) is 2.83. The summed E-state index contributed by atoms with van der Waals surface area (Å²) in [6.07, 6.45) is 1.44. The van der Waals surface area contributed by atoms with Gasteiger partial charge in [0, 0.05) is 17.8 Å². The predicted octanol–water partition coefficient (Wildman–Crippen LogP) is 1.05. The van der Waals surface area contributed by atoms with E-state index in [9.17, 15) is 4.79 Å². The molecular formula is C7H9ClN2O. The van der Waals surface area contributed by atoms with Gasteiger partial charge in [-0.15, -0.1) is 0 Å². The summed E-state index contributed by atoms with van der Waals surface area (Å²) in [7, 11) is 0. The number of aromatic amines is 1. The van der Waals surface area contributed by atoms with Crippen molar-refractivity contribution < 1.29 is 0 Å². The summed E-state index contributed by atoms with van der Waals surface area (Å²) in [5.74, 6) is 0. The molecule has 0 aliphatic heterocycles. The molecular weight excluding hydrogens is 164 g/mol. The topological polar surface area (TPSA) is 58.9 Å². The zero-order valence-corrected chi connectivity index (χ0v) is 6.85. The number of hydrogen-bond donors (Lipinski definition) is 2. The van der Waals surface area contributed by atoms with Gasteiger partial charge in [0.15, 0.2) is 0 Å². The van der Waals surface area contributed by atoms with Crippen molar-refractivity contribution in [2.24, 2.45) is 5.73 Å². The molecule has 0 bridgehead atoms. The summed E-state index contributed by atoms with van der Waals surface area (Å²) < 4.78 is 0. The van der Waals surface area contributed by atoms with Gasteiger partial charge in [0.05, 0.1) is 5.02 Å². The highest BCUT2D eigenvalue weighted by Gasteiger charge is 2.04. The van der Waals surface area contributed by atoms with E-state index in [4.69, 9.17) is 17.3 Å². The molecule has 1 atom stereocenters. The molecule has 1 rings (SSSR count). The van der Waals surface area contributed by atoms with Gasteiger partial charge >= 0.3 is 0 Å². The Bertz CT molecular complexity index is 306. The van der Waals surface area contributed by atoms with Gasteiger partial charge in [-0.3, -0.25) is 4.79 Å². The highest BCUT2D eigenvalue weighted by Crippen LogP contribution is 2.09. The van der Waals surface area contributed by atoms with Crippen molar-refractivity contribution in [2.75, 3.05) is 0 Å². The monoisotopic (exact) mass is 172 g/mol. The SMILES string of the molecule is C[C@H](N)c1cc(Cl)c[nH]c1=O. The predicted molar refractivity (Wildman–Crippen MR) is 44.7 cm³/mol. The summed E-state index contributed by atoms with van der Waals surface area (Å²) in [6, 6.07) is 1.29. The molecule has 11 heavy (non-hydrogen) atoms. The number of H-pyrrole nitrogens is 1. The van der Waals surface area contributed by atoms with Crippen molar-refractivity contribution in [1.29, 1.82) is 0 Å². The molecule has 0 spiro atoms. The Morgan fingerprint density at radius 2 is 2.36 bits per heavy atom. The fraction of sp³-hybridized carbons (Fsp3) is 0.286. The first kappa shape index (κ1) is 8.30. The second kappa shape index (κ2) is 3.07. The van der Waals surface area contributed by atoms with Crippen molar-refractivity contribution in [2.45, 2.75) is 13.0 Å². The lowest BCUT2D eigenvalue weighted by atomic mass is 10.1. The van der Waals surface area contributed by atoms with Crippen LogP contribution in [0.3, 0.4) is 0 Å². The minimum atomic E-state index is -0.280. The second-order valence-electron chi connectivity index (χ2n) is 2.39. The van der Waals surface area contributed by atoms with Crippen molar-refractivity contribution in [3.05, 3.63) is 33.2 Å². The van der Waals surface area contributed by atoms with E-state index < -0.39 is 0 Å². The van der Waals surface area contributed by atoms with Crippen molar-refractivity contribution in [1.82, 2.24) is 4.98 Å². The summed E-state index contributed by atoms with van der Waals surface area (Å²) >= 11 is 5.64. The van der Waals surface area contributed by atoms with Crippen molar-refractivity contribution >= 4 is 11.6 Å². The first-order chi connectivity index (χ1) is 5.11. The van der Waals surface area contributed by atoms with Crippen LogP contribution in [0.2, 0.25) is 5.02 Å². The third kappa shape index (κ3) is 1.82. The smallest absolute Gasteiger partial charge is 0.252 e. The minimum absolute atomic E-state index is 0.176. The van der Waals surface area contributed by atoms with Gasteiger partial charge in [0.1, 0.15) is 0 Å². The van der Waals surface area contributed by atoms with Crippen LogP contribution >= 0.6 is 11.6 Å². The molecule has 3 N–H and O–H groups in total. The number of nitrogens with one attached hydrogen (secondary N) is 1. The lowest BCUT2D eigenvalue weighted by molar-refractivity contribution is 0.800. The van der Waals surface area contributed by atoms with E-state index in [2.05, 4.69) is 4.98 Å². The Hall–Kier alpha value is -0.800. The maximum absolute atomic E-state index is 11.0. The maximum atomic E-state index is 11.0. The van der Waals surface area contributed by atoms with Crippen LogP contribution in [0.25, 0.3) is 0 Å². The fourth-order valence-corrected chi connectivity index (χ4v) is 0.984. The molecule has 0 amide bonds. The van der Waals surface area contributed by atoms with E-state index in [-0.39, 0.29) is 11.6 Å². The van der Waals surface area contributed by atoms with E-state index >= 15 is 0 Å². The third-order valence-electron chi connectivity index (χ3n) is 1.39. The van der Waals surface area contributed by atoms with Crippen LogP contribution < -0.4 is 11.3 Å². The lowest BCUT2D eigenvalue weighted by Gasteiger charge is -2.02. The summed E-state index contributed by atoms with van der Waals surface area (Å²) in [5.41, 5.74) is 5.84. The highest BCUT2D eigenvalue weighted by atomic mass is 35.5. The number of nitrogens with two attached hydrogens (primary N) is 1. The van der Waals surface area contributed by atoms with Crippen molar-refractivity contribution in [3.63, 3.8) is 0 Å². The first-order valence-electron chi connectivity index (χ1n) is 3.25. The molecule has 0 aliphatic rings. The summed E-state index contributed by atoms with van der Waals surface area (Å²) in [6.45, 7) is 1.74. The van der Waals surface area contributed by atoms with Gasteiger partial charge < -0.3 is 10.7 Å². The molecule has 60 valence electrons. The van der Waals surface area contributed by atoms with Crippen molar-refractivity contribution in [3.8, 4) is 0 Å². The Balaban J connectivity index is 3.24. The quantitative estimate of drug-likeness (QED) is 0.665. The number of aromatic nitrogens is 1. The molecule has 3 nitrogen and oxygen atoms in total. The van der Waals surface area contributed by atoms with Crippen LogP contribution in [0.15, 0.2) is 17.1 Å². The molecule has 0 saturated carbocycles. The molecule has 1 aromatic heterocycles. The fourth-order valence-electron chi connectivity index (χ4n) is 0.812. The first-order valence-corrected chi connectivity index (χ1v) is 3.63. The number of halogens is 1. The van der Waals surface area contributed by atoms with Crippen LogP contribution in [0, 0.1) is 0 Å². The van der Waals surface area contributed by atoms with Crippen LogP contribution in [-0.4, -0.2) is 4.98 Å². The zero-order chi connectivity index (χ0) is 8.43. The molecule has 1 aromatic rings. The minimum Gasteiger partial charge on any atom is -0.327 e. The number of pyridine rings is 1. The lowest BCUT2D eigenvalue weighted by Crippen LogP contribution is -2.18. The van der Waals surface area contributed by atoms with E-state index in [1.165, 1.54) is 6.20 Å². The Kier molecular flexibility index (Phi) is 2.31. The molecule has 0 aromatic carbocycles. The van der Waals surface area contributed by atoms with E-state index in [0.29, 0.717) is 10.6 Å². The number of hydrogen-bond acceptors (Lipinski definition) is 2. The molecule has 0 fully saturated rings. The van der Waals surface area contributed by atoms with E-state index in [0.717, 1.165) is 0 Å². The maximum Gasteiger partial charge on any atom is 0.252 e. The van der Waals surface area contributed by atoms with Gasteiger partial charge in [-0.2, -0.15) is 0 Å².